The lowest BCUT2D eigenvalue weighted by molar-refractivity contribution is 0.391. The first-order valence-electron chi connectivity index (χ1n) is 7.98. The van der Waals surface area contributed by atoms with Crippen molar-refractivity contribution in [2.45, 2.75) is 43.9 Å². The highest BCUT2D eigenvalue weighted by atomic mass is 32.2. The molecular weight excluding hydrogens is 328 g/mol. The van der Waals surface area contributed by atoms with Crippen molar-refractivity contribution in [3.8, 4) is 17.2 Å². The van der Waals surface area contributed by atoms with Gasteiger partial charge in [-0.1, -0.05) is 50.5 Å². The third-order valence-electron chi connectivity index (χ3n) is 3.72. The standard InChI is InChI=1S/C18H22O5S/c1-2-3-4-6-9-14-12-13-16(24(20,21)22)17(19)18(14)23-15-10-7-5-8-11-15/h5,7-8,10-13,19H,2-4,6,9H2,1H3,(H,20,21,22). The van der Waals surface area contributed by atoms with E-state index in [4.69, 9.17) is 4.74 Å². The molecule has 0 atom stereocenters. The lowest BCUT2D eigenvalue weighted by atomic mass is 10.0. The van der Waals surface area contributed by atoms with Gasteiger partial charge in [0.15, 0.2) is 11.5 Å². The van der Waals surface area contributed by atoms with Crippen molar-refractivity contribution in [3.63, 3.8) is 0 Å². The summed E-state index contributed by atoms with van der Waals surface area (Å²) in [6, 6.07) is 11.6. The molecule has 0 amide bonds. The number of hydrogen-bond acceptors (Lipinski definition) is 4. The number of rotatable bonds is 8. The normalized spacial score (nSPS) is 11.4. The minimum atomic E-state index is -4.52. The average molecular weight is 350 g/mol. The maximum Gasteiger partial charge on any atom is 0.298 e. The zero-order chi connectivity index (χ0) is 17.6. The summed E-state index contributed by atoms with van der Waals surface area (Å²) in [5, 5.41) is 10.3. The lowest BCUT2D eigenvalue weighted by Crippen LogP contribution is -2.02. The van der Waals surface area contributed by atoms with E-state index < -0.39 is 20.8 Å². The Morgan fingerprint density at radius 1 is 1.00 bits per heavy atom. The van der Waals surface area contributed by atoms with Crippen molar-refractivity contribution >= 4 is 10.1 Å². The molecule has 5 nitrogen and oxygen atoms in total. The Kier molecular flexibility index (Phi) is 6.23. The van der Waals surface area contributed by atoms with Crippen LogP contribution < -0.4 is 4.74 Å². The van der Waals surface area contributed by atoms with Gasteiger partial charge in [0.25, 0.3) is 10.1 Å². The Morgan fingerprint density at radius 3 is 2.33 bits per heavy atom. The molecule has 0 spiro atoms. The third-order valence-corrected chi connectivity index (χ3v) is 4.60. The van der Waals surface area contributed by atoms with E-state index in [0.29, 0.717) is 17.7 Å². The first-order valence-corrected chi connectivity index (χ1v) is 9.42. The fraction of sp³-hybridized carbons (Fsp3) is 0.333. The quantitative estimate of drug-likeness (QED) is 0.539. The van der Waals surface area contributed by atoms with Crippen molar-refractivity contribution in [1.82, 2.24) is 0 Å². The molecule has 24 heavy (non-hydrogen) atoms. The summed E-state index contributed by atoms with van der Waals surface area (Å²) >= 11 is 0. The number of aromatic hydroxyl groups is 1. The summed E-state index contributed by atoms with van der Waals surface area (Å²) in [6.45, 7) is 2.12. The van der Waals surface area contributed by atoms with E-state index in [1.807, 2.05) is 6.07 Å². The van der Waals surface area contributed by atoms with Gasteiger partial charge in [-0.25, -0.2) is 0 Å². The van der Waals surface area contributed by atoms with Crippen LogP contribution in [0.5, 0.6) is 17.2 Å². The van der Waals surface area contributed by atoms with Gasteiger partial charge in [0.2, 0.25) is 0 Å². The molecule has 2 aromatic rings. The van der Waals surface area contributed by atoms with Gasteiger partial charge in [-0.2, -0.15) is 8.42 Å². The summed E-state index contributed by atoms with van der Waals surface area (Å²) in [4.78, 5) is -0.550. The molecule has 2 rings (SSSR count). The third kappa shape index (κ3) is 4.72. The molecule has 2 N–H and O–H groups in total. The van der Waals surface area contributed by atoms with E-state index in [1.54, 1.807) is 30.3 Å². The van der Waals surface area contributed by atoms with Crippen LogP contribution in [0.25, 0.3) is 0 Å². The number of aryl methyl sites for hydroxylation is 1. The predicted molar refractivity (Wildman–Crippen MR) is 92.3 cm³/mol. The summed E-state index contributed by atoms with van der Waals surface area (Å²) in [5.74, 6) is -0.00253. The van der Waals surface area contributed by atoms with Gasteiger partial charge in [0, 0.05) is 0 Å². The number of benzene rings is 2. The van der Waals surface area contributed by atoms with Crippen LogP contribution >= 0.6 is 0 Å². The van der Waals surface area contributed by atoms with E-state index in [9.17, 15) is 18.1 Å². The van der Waals surface area contributed by atoms with Gasteiger partial charge in [-0.3, -0.25) is 4.55 Å². The van der Waals surface area contributed by atoms with Crippen LogP contribution in [0.15, 0.2) is 47.4 Å². The Hall–Kier alpha value is -2.05. The summed E-state index contributed by atoms with van der Waals surface area (Å²) in [7, 11) is -4.52. The van der Waals surface area contributed by atoms with Crippen LogP contribution in [-0.2, 0) is 16.5 Å². The second kappa shape index (κ2) is 8.17. The highest BCUT2D eigenvalue weighted by Crippen LogP contribution is 2.39. The van der Waals surface area contributed by atoms with Crippen molar-refractivity contribution < 1.29 is 22.8 Å². The molecule has 2 aromatic carbocycles. The van der Waals surface area contributed by atoms with E-state index in [0.717, 1.165) is 25.7 Å². The molecule has 0 heterocycles. The smallest absolute Gasteiger partial charge is 0.298 e. The van der Waals surface area contributed by atoms with Crippen molar-refractivity contribution in [2.24, 2.45) is 0 Å². The number of unbranched alkanes of at least 4 members (excludes halogenated alkanes) is 3. The number of ether oxygens (including phenoxy) is 1. The molecule has 0 aliphatic rings. The van der Waals surface area contributed by atoms with E-state index >= 15 is 0 Å². The van der Waals surface area contributed by atoms with E-state index in [1.165, 1.54) is 6.07 Å². The van der Waals surface area contributed by atoms with Crippen LogP contribution in [0, 0.1) is 0 Å². The Bertz CT molecular complexity index is 769. The van der Waals surface area contributed by atoms with E-state index in [2.05, 4.69) is 6.92 Å². The topological polar surface area (TPSA) is 83.8 Å². The van der Waals surface area contributed by atoms with Crippen molar-refractivity contribution in [2.75, 3.05) is 0 Å². The molecule has 0 unspecified atom stereocenters. The molecular formula is C18H22O5S. The van der Waals surface area contributed by atoms with Crippen LogP contribution in [-0.4, -0.2) is 18.1 Å². The Morgan fingerprint density at radius 2 is 1.71 bits per heavy atom. The Labute approximate surface area is 142 Å². The first kappa shape index (κ1) is 18.3. The molecule has 0 aliphatic carbocycles. The van der Waals surface area contributed by atoms with Gasteiger partial charge in [-0.05, 0) is 36.6 Å². The van der Waals surface area contributed by atoms with Crippen LogP contribution in [0.1, 0.15) is 38.2 Å². The molecule has 0 saturated heterocycles. The fourth-order valence-corrected chi connectivity index (χ4v) is 3.04. The molecule has 0 fully saturated rings. The summed E-state index contributed by atoms with van der Waals surface area (Å²) in [5.41, 5.74) is 0.708. The minimum Gasteiger partial charge on any atom is -0.503 e. The highest BCUT2D eigenvalue weighted by Gasteiger charge is 2.22. The van der Waals surface area contributed by atoms with Crippen LogP contribution in [0.4, 0.5) is 0 Å². The van der Waals surface area contributed by atoms with Crippen molar-refractivity contribution in [3.05, 3.63) is 48.0 Å². The largest absolute Gasteiger partial charge is 0.503 e. The molecule has 0 bridgehead atoms. The predicted octanol–water partition coefficient (Wildman–Crippen LogP) is 4.55. The van der Waals surface area contributed by atoms with Gasteiger partial charge in [0.1, 0.15) is 10.6 Å². The van der Waals surface area contributed by atoms with Gasteiger partial charge >= 0.3 is 0 Å². The van der Waals surface area contributed by atoms with Crippen molar-refractivity contribution in [1.29, 1.82) is 0 Å². The highest BCUT2D eigenvalue weighted by molar-refractivity contribution is 7.86. The Balaban J connectivity index is 2.37. The number of phenolic OH excluding ortho intramolecular Hbond substituents is 1. The molecule has 0 radical (unpaired) electrons. The molecule has 0 saturated carbocycles. The maximum atomic E-state index is 11.4. The molecule has 130 valence electrons. The summed E-state index contributed by atoms with van der Waals surface area (Å²) < 4.78 is 37.8. The van der Waals surface area contributed by atoms with Gasteiger partial charge < -0.3 is 9.84 Å². The molecule has 0 aromatic heterocycles. The molecule has 0 aliphatic heterocycles. The van der Waals surface area contributed by atoms with Gasteiger partial charge in [-0.15, -0.1) is 0 Å². The number of para-hydroxylation sites is 1. The number of phenols is 1. The lowest BCUT2D eigenvalue weighted by Gasteiger charge is -2.15. The second-order valence-corrected chi connectivity index (χ2v) is 6.99. The zero-order valence-electron chi connectivity index (χ0n) is 13.6. The monoisotopic (exact) mass is 350 g/mol. The number of hydrogen-bond donors (Lipinski definition) is 2. The van der Waals surface area contributed by atoms with Crippen LogP contribution in [0.2, 0.25) is 0 Å². The fourth-order valence-electron chi connectivity index (χ4n) is 2.46. The first-order chi connectivity index (χ1) is 11.4. The van der Waals surface area contributed by atoms with Crippen LogP contribution in [0.3, 0.4) is 0 Å². The second-order valence-electron chi connectivity index (χ2n) is 5.60. The zero-order valence-corrected chi connectivity index (χ0v) is 14.4. The average Bonchev–Trinajstić information content (AvgIpc) is 2.54. The summed E-state index contributed by atoms with van der Waals surface area (Å²) in [6.07, 6.45) is 4.83. The molecule has 6 heteroatoms. The maximum absolute atomic E-state index is 11.4. The van der Waals surface area contributed by atoms with E-state index in [-0.39, 0.29) is 5.75 Å². The SMILES string of the molecule is CCCCCCc1ccc(S(=O)(=O)O)c(O)c1Oc1ccccc1. The minimum absolute atomic E-state index is 0.0767. The van der Waals surface area contributed by atoms with Gasteiger partial charge in [0.05, 0.1) is 0 Å².